The van der Waals surface area contributed by atoms with E-state index >= 15 is 0 Å². The first kappa shape index (κ1) is 14.3. The number of para-hydroxylation sites is 2. The van der Waals surface area contributed by atoms with Crippen LogP contribution in [0.2, 0.25) is 0 Å². The molecule has 0 aliphatic rings. The molecule has 0 saturated heterocycles. The van der Waals surface area contributed by atoms with Crippen molar-refractivity contribution in [2.45, 2.75) is 6.54 Å². The minimum absolute atomic E-state index is 0.198. The predicted octanol–water partition coefficient (Wildman–Crippen LogP) is 3.71. The van der Waals surface area contributed by atoms with Gasteiger partial charge in [-0.15, -0.1) is 0 Å². The molecule has 0 atom stereocenters. The minimum Gasteiger partial charge on any atom is -0.345 e. The molecule has 0 unspecified atom stereocenters. The van der Waals surface area contributed by atoms with Crippen molar-refractivity contribution in [3.8, 4) is 0 Å². The summed E-state index contributed by atoms with van der Waals surface area (Å²) in [6, 6.07) is 23.2. The molecule has 4 heteroatoms. The number of benzene rings is 2. The van der Waals surface area contributed by atoms with E-state index in [1.807, 2.05) is 66.7 Å². The summed E-state index contributed by atoms with van der Waals surface area (Å²) in [7, 11) is 0. The highest BCUT2D eigenvalue weighted by atomic mass is 16.1. The highest BCUT2D eigenvalue weighted by Gasteiger charge is 2.08. The van der Waals surface area contributed by atoms with Gasteiger partial charge in [0.25, 0.3) is 5.91 Å². The monoisotopic (exact) mass is 313 g/mol. The van der Waals surface area contributed by atoms with Gasteiger partial charge >= 0.3 is 0 Å². The smallest absolute Gasteiger partial charge is 0.270 e. The SMILES string of the molecule is O=C(NCc1ccc2ccccc2n1)c1ccc2ccccc2n1. The molecule has 24 heavy (non-hydrogen) atoms. The standard InChI is InChI=1S/C20H15N3O/c24-20(19-12-10-15-6-2-4-8-18(15)23-19)21-13-16-11-9-14-5-1-3-7-17(14)22-16/h1-12H,13H2,(H,21,24). The van der Waals surface area contributed by atoms with E-state index in [1.54, 1.807) is 6.07 Å². The number of fused-ring (bicyclic) bond motifs is 2. The molecule has 4 nitrogen and oxygen atoms in total. The molecule has 116 valence electrons. The van der Waals surface area contributed by atoms with E-state index in [-0.39, 0.29) is 5.91 Å². The number of pyridine rings is 2. The maximum Gasteiger partial charge on any atom is 0.270 e. The Morgan fingerprint density at radius 2 is 1.38 bits per heavy atom. The third-order valence-electron chi connectivity index (χ3n) is 3.92. The Morgan fingerprint density at radius 1 is 0.750 bits per heavy atom. The second-order valence-electron chi connectivity index (χ2n) is 5.57. The highest BCUT2D eigenvalue weighted by Crippen LogP contribution is 2.13. The largest absolute Gasteiger partial charge is 0.345 e. The van der Waals surface area contributed by atoms with Crippen LogP contribution in [0.4, 0.5) is 0 Å². The molecule has 4 aromatic rings. The fourth-order valence-electron chi connectivity index (χ4n) is 2.66. The van der Waals surface area contributed by atoms with E-state index in [4.69, 9.17) is 0 Å². The molecule has 0 saturated carbocycles. The van der Waals surface area contributed by atoms with Gasteiger partial charge in [0.05, 0.1) is 23.3 Å². The lowest BCUT2D eigenvalue weighted by molar-refractivity contribution is 0.0946. The number of amides is 1. The second-order valence-corrected chi connectivity index (χ2v) is 5.57. The fraction of sp³-hybridized carbons (Fsp3) is 0.0500. The van der Waals surface area contributed by atoms with Gasteiger partial charge in [-0.05, 0) is 24.3 Å². The first-order valence-electron chi connectivity index (χ1n) is 7.78. The summed E-state index contributed by atoms with van der Waals surface area (Å²) in [5.74, 6) is -0.198. The molecule has 0 spiro atoms. The van der Waals surface area contributed by atoms with Crippen LogP contribution in [0.25, 0.3) is 21.8 Å². The Balaban J connectivity index is 1.52. The van der Waals surface area contributed by atoms with Crippen LogP contribution in [0.1, 0.15) is 16.2 Å². The number of aromatic nitrogens is 2. The van der Waals surface area contributed by atoms with E-state index in [0.717, 1.165) is 27.5 Å². The molecule has 2 heterocycles. The van der Waals surface area contributed by atoms with Gasteiger partial charge in [-0.1, -0.05) is 48.5 Å². The van der Waals surface area contributed by atoms with E-state index in [0.29, 0.717) is 12.2 Å². The molecular formula is C20H15N3O. The number of nitrogens with zero attached hydrogens (tertiary/aromatic N) is 2. The lowest BCUT2D eigenvalue weighted by Gasteiger charge is -2.06. The van der Waals surface area contributed by atoms with Crippen LogP contribution in [0.3, 0.4) is 0 Å². The Labute approximate surface area is 139 Å². The van der Waals surface area contributed by atoms with Crippen LogP contribution in [0, 0.1) is 0 Å². The zero-order valence-corrected chi connectivity index (χ0v) is 12.9. The summed E-state index contributed by atoms with van der Waals surface area (Å²) in [5, 5.41) is 4.99. The van der Waals surface area contributed by atoms with E-state index in [1.165, 1.54) is 0 Å². The van der Waals surface area contributed by atoms with Crippen LogP contribution in [0.5, 0.6) is 0 Å². The summed E-state index contributed by atoms with van der Waals surface area (Å²) in [6.07, 6.45) is 0. The molecule has 0 bridgehead atoms. The Kier molecular flexibility index (Phi) is 3.63. The molecule has 2 aromatic carbocycles. The molecule has 0 aliphatic heterocycles. The van der Waals surface area contributed by atoms with Crippen molar-refractivity contribution in [3.05, 3.63) is 84.2 Å². The zero-order valence-electron chi connectivity index (χ0n) is 12.9. The maximum atomic E-state index is 12.3. The van der Waals surface area contributed by atoms with Gasteiger partial charge in [-0.25, -0.2) is 4.98 Å². The van der Waals surface area contributed by atoms with Gasteiger partial charge in [0.2, 0.25) is 0 Å². The van der Waals surface area contributed by atoms with E-state index in [2.05, 4.69) is 15.3 Å². The summed E-state index contributed by atoms with van der Waals surface area (Å²) in [6.45, 7) is 0.373. The van der Waals surface area contributed by atoms with E-state index < -0.39 is 0 Å². The average molecular weight is 313 g/mol. The van der Waals surface area contributed by atoms with Gasteiger partial charge in [0.15, 0.2) is 0 Å². The van der Waals surface area contributed by atoms with E-state index in [9.17, 15) is 4.79 Å². The minimum atomic E-state index is -0.198. The fourth-order valence-corrected chi connectivity index (χ4v) is 2.66. The molecular weight excluding hydrogens is 298 g/mol. The normalized spacial score (nSPS) is 10.8. The van der Waals surface area contributed by atoms with Gasteiger partial charge in [-0.3, -0.25) is 9.78 Å². The average Bonchev–Trinajstić information content (AvgIpc) is 2.65. The molecule has 4 rings (SSSR count). The van der Waals surface area contributed by atoms with Gasteiger partial charge in [0.1, 0.15) is 5.69 Å². The van der Waals surface area contributed by atoms with Crippen molar-refractivity contribution < 1.29 is 4.79 Å². The summed E-state index contributed by atoms with van der Waals surface area (Å²) in [4.78, 5) is 21.3. The Hall–Kier alpha value is -3.27. The summed E-state index contributed by atoms with van der Waals surface area (Å²) < 4.78 is 0. The lowest BCUT2D eigenvalue weighted by atomic mass is 10.2. The van der Waals surface area contributed by atoms with Crippen LogP contribution >= 0.6 is 0 Å². The number of rotatable bonds is 3. The first-order chi connectivity index (χ1) is 11.8. The Morgan fingerprint density at radius 3 is 2.12 bits per heavy atom. The van der Waals surface area contributed by atoms with Gasteiger partial charge < -0.3 is 5.32 Å². The lowest BCUT2D eigenvalue weighted by Crippen LogP contribution is -2.24. The van der Waals surface area contributed by atoms with Crippen LogP contribution < -0.4 is 5.32 Å². The summed E-state index contributed by atoms with van der Waals surface area (Å²) >= 11 is 0. The molecule has 1 amide bonds. The number of carbonyl (C=O) groups excluding carboxylic acids is 1. The molecule has 2 aromatic heterocycles. The quantitative estimate of drug-likeness (QED) is 0.627. The van der Waals surface area contributed by atoms with Crippen molar-refractivity contribution in [3.63, 3.8) is 0 Å². The number of nitrogens with one attached hydrogen (secondary N) is 1. The maximum absolute atomic E-state index is 12.3. The molecule has 1 N–H and O–H groups in total. The Bertz CT molecular complexity index is 1040. The summed E-state index contributed by atoms with van der Waals surface area (Å²) in [5.41, 5.74) is 2.97. The second kappa shape index (κ2) is 6.08. The number of hydrogen-bond donors (Lipinski definition) is 1. The first-order valence-corrected chi connectivity index (χ1v) is 7.78. The third kappa shape index (κ3) is 2.82. The third-order valence-corrected chi connectivity index (χ3v) is 3.92. The number of hydrogen-bond acceptors (Lipinski definition) is 3. The number of carbonyl (C=O) groups is 1. The van der Waals surface area contributed by atoms with Crippen LogP contribution in [-0.4, -0.2) is 15.9 Å². The molecule has 0 radical (unpaired) electrons. The van der Waals surface area contributed by atoms with Crippen molar-refractivity contribution in [1.82, 2.24) is 15.3 Å². The molecule has 0 fully saturated rings. The van der Waals surface area contributed by atoms with Gasteiger partial charge in [-0.2, -0.15) is 0 Å². The predicted molar refractivity (Wildman–Crippen MR) is 94.7 cm³/mol. The molecule has 0 aliphatic carbocycles. The zero-order chi connectivity index (χ0) is 16.4. The topological polar surface area (TPSA) is 54.9 Å². The highest BCUT2D eigenvalue weighted by molar-refractivity contribution is 5.94. The van der Waals surface area contributed by atoms with Gasteiger partial charge in [0, 0.05) is 10.8 Å². The van der Waals surface area contributed by atoms with Crippen LogP contribution in [-0.2, 0) is 6.54 Å². The van der Waals surface area contributed by atoms with Crippen molar-refractivity contribution >= 4 is 27.7 Å². The van der Waals surface area contributed by atoms with Crippen molar-refractivity contribution in [2.75, 3.05) is 0 Å². The van der Waals surface area contributed by atoms with Crippen LogP contribution in [0.15, 0.2) is 72.8 Å². The van der Waals surface area contributed by atoms with Crippen molar-refractivity contribution in [2.24, 2.45) is 0 Å². The van der Waals surface area contributed by atoms with Crippen molar-refractivity contribution in [1.29, 1.82) is 0 Å².